The maximum atomic E-state index is 13.3. The summed E-state index contributed by atoms with van der Waals surface area (Å²) in [6.07, 6.45) is 3.62. The highest BCUT2D eigenvalue weighted by atomic mass is 79.9. The molecule has 0 fully saturated rings. The van der Waals surface area contributed by atoms with Gasteiger partial charge in [0.1, 0.15) is 5.82 Å². The third-order valence-electron chi connectivity index (χ3n) is 3.13. The Morgan fingerprint density at radius 3 is 2.81 bits per heavy atom. The lowest BCUT2D eigenvalue weighted by atomic mass is 10.2. The van der Waals surface area contributed by atoms with E-state index in [-0.39, 0.29) is 5.82 Å². The van der Waals surface area contributed by atoms with Crippen LogP contribution in [0.4, 0.5) is 10.1 Å². The van der Waals surface area contributed by atoms with Crippen molar-refractivity contribution < 1.29 is 4.39 Å². The lowest BCUT2D eigenvalue weighted by Crippen LogP contribution is -2.05. The molecule has 5 heteroatoms. The maximum absolute atomic E-state index is 13.3. The Labute approximate surface area is 130 Å². The number of benzene rings is 2. The Kier molecular flexibility index (Phi) is 4.01. The minimum absolute atomic E-state index is 0.240. The second kappa shape index (κ2) is 6.10. The van der Waals surface area contributed by atoms with Crippen molar-refractivity contribution in [3.05, 3.63) is 76.8 Å². The van der Waals surface area contributed by atoms with Crippen LogP contribution in [0.15, 0.2) is 65.4 Å². The number of rotatable bonds is 4. The van der Waals surface area contributed by atoms with E-state index in [4.69, 9.17) is 0 Å². The summed E-state index contributed by atoms with van der Waals surface area (Å²) in [5.74, 6) is -0.240. The van der Waals surface area contributed by atoms with Crippen molar-refractivity contribution in [3.8, 4) is 5.69 Å². The van der Waals surface area contributed by atoms with Crippen LogP contribution in [0.2, 0.25) is 0 Å². The first-order valence-electron chi connectivity index (χ1n) is 6.51. The van der Waals surface area contributed by atoms with Gasteiger partial charge in [0.25, 0.3) is 0 Å². The molecule has 1 N–H and O–H groups in total. The van der Waals surface area contributed by atoms with Crippen molar-refractivity contribution in [2.24, 2.45) is 0 Å². The lowest BCUT2D eigenvalue weighted by molar-refractivity contribution is 0.625. The van der Waals surface area contributed by atoms with Crippen LogP contribution in [-0.4, -0.2) is 9.78 Å². The molecule has 0 amide bonds. The molecular weight excluding hydrogens is 333 g/mol. The third-order valence-corrected chi connectivity index (χ3v) is 3.91. The van der Waals surface area contributed by atoms with Crippen LogP contribution in [0.25, 0.3) is 5.69 Å². The zero-order chi connectivity index (χ0) is 14.7. The number of hydrogen-bond donors (Lipinski definition) is 1. The molecule has 0 radical (unpaired) electrons. The molecule has 0 aliphatic carbocycles. The van der Waals surface area contributed by atoms with E-state index in [0.29, 0.717) is 6.54 Å². The van der Waals surface area contributed by atoms with Gasteiger partial charge in [-0.3, -0.25) is 0 Å². The Balaban J connectivity index is 1.84. The number of nitrogens with zero attached hydrogens (tertiary/aromatic N) is 2. The van der Waals surface area contributed by atoms with Gasteiger partial charge in [-0.1, -0.05) is 28.1 Å². The van der Waals surface area contributed by atoms with Crippen LogP contribution >= 0.6 is 15.9 Å². The monoisotopic (exact) mass is 345 g/mol. The number of anilines is 1. The third kappa shape index (κ3) is 3.13. The molecule has 3 rings (SSSR count). The van der Waals surface area contributed by atoms with Crippen LogP contribution in [-0.2, 0) is 6.54 Å². The van der Waals surface area contributed by atoms with E-state index in [1.54, 1.807) is 16.9 Å². The molecule has 2 aromatic carbocycles. The minimum Gasteiger partial charge on any atom is -0.379 e. The number of para-hydroxylation sites is 2. The highest BCUT2D eigenvalue weighted by Gasteiger charge is 2.06. The first-order chi connectivity index (χ1) is 10.2. The summed E-state index contributed by atoms with van der Waals surface area (Å²) in [7, 11) is 0. The van der Waals surface area contributed by atoms with Gasteiger partial charge in [0.05, 0.1) is 11.4 Å². The van der Waals surface area contributed by atoms with E-state index in [9.17, 15) is 4.39 Å². The van der Waals surface area contributed by atoms with Crippen LogP contribution in [0.5, 0.6) is 0 Å². The van der Waals surface area contributed by atoms with Crippen molar-refractivity contribution in [2.45, 2.75) is 6.54 Å². The number of hydrogen-bond acceptors (Lipinski definition) is 2. The first kappa shape index (κ1) is 13.8. The number of halogens is 2. The summed E-state index contributed by atoms with van der Waals surface area (Å²) in [6, 6.07) is 14.4. The molecule has 0 saturated carbocycles. The molecule has 0 bridgehead atoms. The molecule has 0 atom stereocenters. The van der Waals surface area contributed by atoms with E-state index >= 15 is 0 Å². The Hall–Kier alpha value is -2.14. The minimum atomic E-state index is -0.240. The van der Waals surface area contributed by atoms with E-state index in [1.165, 1.54) is 12.1 Å². The fourth-order valence-corrected chi connectivity index (χ4v) is 2.49. The van der Waals surface area contributed by atoms with Crippen molar-refractivity contribution in [1.82, 2.24) is 9.78 Å². The van der Waals surface area contributed by atoms with Crippen molar-refractivity contribution >= 4 is 21.6 Å². The average molecular weight is 346 g/mol. The Morgan fingerprint density at radius 2 is 2.00 bits per heavy atom. The lowest BCUT2D eigenvalue weighted by Gasteiger charge is -2.13. The van der Waals surface area contributed by atoms with Gasteiger partial charge in [-0.15, -0.1) is 0 Å². The van der Waals surface area contributed by atoms with E-state index in [2.05, 4.69) is 26.3 Å². The highest BCUT2D eigenvalue weighted by Crippen LogP contribution is 2.22. The van der Waals surface area contributed by atoms with Gasteiger partial charge >= 0.3 is 0 Å². The van der Waals surface area contributed by atoms with Gasteiger partial charge in [0.15, 0.2) is 0 Å². The molecule has 0 unspecified atom stereocenters. The molecule has 3 nitrogen and oxygen atoms in total. The van der Waals surface area contributed by atoms with Gasteiger partial charge < -0.3 is 5.32 Å². The molecule has 0 saturated heterocycles. The molecule has 106 valence electrons. The van der Waals surface area contributed by atoms with E-state index in [1.807, 2.05) is 36.5 Å². The summed E-state index contributed by atoms with van der Waals surface area (Å²) < 4.78 is 16.0. The molecule has 0 aliphatic heterocycles. The average Bonchev–Trinajstić information content (AvgIpc) is 3.03. The summed E-state index contributed by atoms with van der Waals surface area (Å²) in [5.41, 5.74) is 2.76. The SMILES string of the molecule is Fc1ccc(Br)c(CNc2ccccc2-n2cccn2)c1. The van der Waals surface area contributed by atoms with Gasteiger partial charge in [-0.2, -0.15) is 5.10 Å². The van der Waals surface area contributed by atoms with Gasteiger partial charge in [0, 0.05) is 23.4 Å². The second-order valence-electron chi connectivity index (χ2n) is 4.56. The predicted molar refractivity (Wildman–Crippen MR) is 85.0 cm³/mol. The molecule has 21 heavy (non-hydrogen) atoms. The van der Waals surface area contributed by atoms with Crippen LogP contribution < -0.4 is 5.32 Å². The molecular formula is C16H13BrFN3. The second-order valence-corrected chi connectivity index (χ2v) is 5.41. The highest BCUT2D eigenvalue weighted by molar-refractivity contribution is 9.10. The number of nitrogens with one attached hydrogen (secondary N) is 1. The molecule has 1 heterocycles. The first-order valence-corrected chi connectivity index (χ1v) is 7.30. The maximum Gasteiger partial charge on any atom is 0.123 e. The topological polar surface area (TPSA) is 29.9 Å². The predicted octanol–water partition coefficient (Wildman–Crippen LogP) is 4.39. The summed E-state index contributed by atoms with van der Waals surface area (Å²) in [5, 5.41) is 7.57. The van der Waals surface area contributed by atoms with Crippen LogP contribution in [0, 0.1) is 5.82 Å². The summed E-state index contributed by atoms with van der Waals surface area (Å²) in [6.45, 7) is 0.524. The van der Waals surface area contributed by atoms with Crippen molar-refractivity contribution in [3.63, 3.8) is 0 Å². The van der Waals surface area contributed by atoms with Crippen molar-refractivity contribution in [2.75, 3.05) is 5.32 Å². The molecule has 0 spiro atoms. The summed E-state index contributed by atoms with van der Waals surface area (Å²) in [4.78, 5) is 0. The zero-order valence-electron chi connectivity index (χ0n) is 11.1. The van der Waals surface area contributed by atoms with Gasteiger partial charge in [0.2, 0.25) is 0 Å². The molecule has 3 aromatic rings. The summed E-state index contributed by atoms with van der Waals surface area (Å²) >= 11 is 3.44. The van der Waals surface area contributed by atoms with Crippen LogP contribution in [0.1, 0.15) is 5.56 Å². The largest absolute Gasteiger partial charge is 0.379 e. The standard InChI is InChI=1S/C16H13BrFN3/c17-14-7-6-13(18)10-12(14)11-19-15-4-1-2-5-16(15)21-9-3-8-20-21/h1-10,19H,11H2. The van der Waals surface area contributed by atoms with E-state index in [0.717, 1.165) is 21.4 Å². The van der Waals surface area contributed by atoms with Gasteiger partial charge in [-0.25, -0.2) is 9.07 Å². The quantitative estimate of drug-likeness (QED) is 0.760. The fourth-order valence-electron chi connectivity index (χ4n) is 2.10. The van der Waals surface area contributed by atoms with Crippen LogP contribution in [0.3, 0.4) is 0 Å². The van der Waals surface area contributed by atoms with Crippen molar-refractivity contribution in [1.29, 1.82) is 0 Å². The fraction of sp³-hybridized carbons (Fsp3) is 0.0625. The Bertz CT molecular complexity index is 741. The van der Waals surface area contributed by atoms with E-state index < -0.39 is 0 Å². The van der Waals surface area contributed by atoms with Gasteiger partial charge in [-0.05, 0) is 42.0 Å². The Morgan fingerprint density at radius 1 is 1.14 bits per heavy atom. The number of aromatic nitrogens is 2. The molecule has 0 aliphatic rings. The zero-order valence-corrected chi connectivity index (χ0v) is 12.7. The molecule has 1 aromatic heterocycles. The normalized spacial score (nSPS) is 10.6. The smallest absolute Gasteiger partial charge is 0.123 e.